The molecule has 4 rings (SSSR count). The second-order valence-electron chi connectivity index (χ2n) is 6.80. The van der Waals surface area contributed by atoms with Gasteiger partial charge in [0.25, 0.3) is 5.91 Å². The third-order valence-corrected chi connectivity index (χ3v) is 5.31. The van der Waals surface area contributed by atoms with E-state index in [1.54, 1.807) is 37.3 Å². The monoisotopic (exact) mass is 395 g/mol. The minimum atomic E-state index is -1.20. The van der Waals surface area contributed by atoms with Crippen LogP contribution in [0.2, 0.25) is 0 Å². The number of carbonyl (C=O) groups is 3. The highest BCUT2D eigenvalue weighted by molar-refractivity contribution is 7.00. The van der Waals surface area contributed by atoms with Gasteiger partial charge in [0.2, 0.25) is 5.91 Å². The largest absolute Gasteiger partial charge is 0.325 e. The van der Waals surface area contributed by atoms with E-state index in [4.69, 9.17) is 0 Å². The van der Waals surface area contributed by atoms with E-state index < -0.39 is 23.4 Å². The van der Waals surface area contributed by atoms with Crippen LogP contribution in [0.3, 0.4) is 0 Å². The number of nitrogens with zero attached hydrogens (tertiary/aromatic N) is 3. The van der Waals surface area contributed by atoms with Gasteiger partial charge < -0.3 is 10.6 Å². The van der Waals surface area contributed by atoms with Gasteiger partial charge >= 0.3 is 6.03 Å². The molecule has 142 valence electrons. The molecule has 2 N–H and O–H groups in total. The molecule has 0 unspecified atom stereocenters. The lowest BCUT2D eigenvalue weighted by Gasteiger charge is -2.22. The molecule has 0 saturated carbocycles. The summed E-state index contributed by atoms with van der Waals surface area (Å²) in [6.07, 6.45) is 0. The zero-order valence-electron chi connectivity index (χ0n) is 15.2. The summed E-state index contributed by atoms with van der Waals surface area (Å²) in [5, 5.41) is 5.40. The van der Waals surface area contributed by atoms with Gasteiger partial charge in [-0.25, -0.2) is 4.79 Å². The van der Waals surface area contributed by atoms with Crippen molar-refractivity contribution >= 4 is 46.3 Å². The maximum absolute atomic E-state index is 12.9. The van der Waals surface area contributed by atoms with E-state index in [-0.39, 0.29) is 6.54 Å². The second-order valence-corrected chi connectivity index (χ2v) is 7.33. The molecule has 0 bridgehead atoms. The van der Waals surface area contributed by atoms with Gasteiger partial charge in [-0.05, 0) is 31.5 Å². The smallest absolute Gasteiger partial charge is 0.323 e. The van der Waals surface area contributed by atoms with E-state index in [2.05, 4.69) is 19.4 Å². The Labute approximate surface area is 164 Å². The number of amides is 4. The molecular weight excluding hydrogens is 378 g/mol. The van der Waals surface area contributed by atoms with Crippen LogP contribution in [0, 0.1) is 6.92 Å². The van der Waals surface area contributed by atoms with Gasteiger partial charge in [0.15, 0.2) is 0 Å². The first kappa shape index (κ1) is 18.1. The molecule has 4 amide bonds. The molecule has 3 aromatic rings. The second kappa shape index (κ2) is 6.68. The minimum Gasteiger partial charge on any atom is -0.323 e. The summed E-state index contributed by atoms with van der Waals surface area (Å²) >= 11 is 1.05. The molecule has 28 heavy (non-hydrogen) atoms. The van der Waals surface area contributed by atoms with E-state index in [9.17, 15) is 14.4 Å². The van der Waals surface area contributed by atoms with Gasteiger partial charge in [0, 0.05) is 0 Å². The third-order valence-electron chi connectivity index (χ3n) is 4.77. The highest BCUT2D eigenvalue weighted by Gasteiger charge is 2.49. The summed E-state index contributed by atoms with van der Waals surface area (Å²) in [4.78, 5) is 38.7. The van der Waals surface area contributed by atoms with Crippen LogP contribution in [0.5, 0.6) is 0 Å². The maximum atomic E-state index is 12.9. The van der Waals surface area contributed by atoms with Gasteiger partial charge in [0.1, 0.15) is 23.1 Å². The first-order chi connectivity index (χ1) is 13.4. The van der Waals surface area contributed by atoms with Crippen LogP contribution in [0.15, 0.2) is 42.5 Å². The van der Waals surface area contributed by atoms with Gasteiger partial charge in [-0.3, -0.25) is 14.5 Å². The summed E-state index contributed by atoms with van der Waals surface area (Å²) in [6, 6.07) is 12.0. The fourth-order valence-corrected chi connectivity index (χ4v) is 3.71. The third kappa shape index (κ3) is 2.99. The van der Waals surface area contributed by atoms with E-state index in [0.717, 1.165) is 22.2 Å². The Bertz CT molecular complexity index is 1090. The Balaban J connectivity index is 1.52. The van der Waals surface area contributed by atoms with E-state index in [0.29, 0.717) is 22.3 Å². The number of nitrogens with one attached hydrogen (secondary N) is 2. The van der Waals surface area contributed by atoms with Crippen molar-refractivity contribution in [2.24, 2.45) is 0 Å². The van der Waals surface area contributed by atoms with Crippen LogP contribution in [-0.2, 0) is 15.1 Å². The highest BCUT2D eigenvalue weighted by Crippen LogP contribution is 2.29. The van der Waals surface area contributed by atoms with Crippen molar-refractivity contribution in [1.82, 2.24) is 19.0 Å². The number of urea groups is 1. The molecule has 8 nitrogen and oxygen atoms in total. The average Bonchev–Trinajstić information content (AvgIpc) is 3.22. The first-order valence-electron chi connectivity index (χ1n) is 8.61. The minimum absolute atomic E-state index is 0.389. The topological polar surface area (TPSA) is 104 Å². The van der Waals surface area contributed by atoms with Crippen molar-refractivity contribution in [2.45, 2.75) is 19.4 Å². The van der Waals surface area contributed by atoms with Gasteiger partial charge in [-0.2, -0.15) is 8.75 Å². The van der Waals surface area contributed by atoms with Crippen LogP contribution in [0.4, 0.5) is 10.5 Å². The van der Waals surface area contributed by atoms with Crippen LogP contribution in [-0.4, -0.2) is 38.0 Å². The van der Waals surface area contributed by atoms with Crippen LogP contribution < -0.4 is 10.6 Å². The molecule has 1 fully saturated rings. The van der Waals surface area contributed by atoms with Gasteiger partial charge in [0.05, 0.1) is 17.4 Å². The number of imide groups is 1. The number of hydrogen-bond donors (Lipinski definition) is 2. The summed E-state index contributed by atoms with van der Waals surface area (Å²) in [5.41, 5.74) is 2.24. The Hall–Kier alpha value is -3.33. The standard InChI is InChI=1S/C19H17N5O3S/c1-11-6-8-12(9-7-11)19(2)17(26)24(18(27)21-19)10-15(25)20-13-4-3-5-14-16(13)23-28-22-14/h3-9H,10H2,1-2H3,(H,20,25)(H,21,27)/t19-/m1/s1. The van der Waals surface area contributed by atoms with Crippen molar-refractivity contribution < 1.29 is 14.4 Å². The lowest BCUT2D eigenvalue weighted by molar-refractivity contribution is -0.133. The predicted octanol–water partition coefficient (Wildman–Crippen LogP) is 2.41. The van der Waals surface area contributed by atoms with Crippen LogP contribution >= 0.6 is 11.7 Å². The number of benzene rings is 2. The molecule has 1 atom stereocenters. The molecule has 0 aliphatic carbocycles. The summed E-state index contributed by atoms with van der Waals surface area (Å²) in [5.74, 6) is -0.956. The molecule has 0 radical (unpaired) electrons. The normalized spacial score (nSPS) is 19.1. The molecule has 1 saturated heterocycles. The molecule has 1 aliphatic heterocycles. The SMILES string of the molecule is Cc1ccc([C@@]2(C)NC(=O)N(CC(=O)Nc3cccc4nsnc34)C2=O)cc1. The van der Waals surface area contributed by atoms with Gasteiger partial charge in [-0.1, -0.05) is 35.9 Å². The van der Waals surface area contributed by atoms with E-state index in [1.165, 1.54) is 0 Å². The van der Waals surface area contributed by atoms with Crippen molar-refractivity contribution in [2.75, 3.05) is 11.9 Å². The lowest BCUT2D eigenvalue weighted by Crippen LogP contribution is -2.42. The Morgan fingerprint density at radius 3 is 2.68 bits per heavy atom. The molecule has 9 heteroatoms. The number of aryl methyl sites for hydroxylation is 1. The zero-order valence-corrected chi connectivity index (χ0v) is 16.0. The number of rotatable bonds is 4. The van der Waals surface area contributed by atoms with Crippen molar-refractivity contribution in [3.8, 4) is 0 Å². The van der Waals surface area contributed by atoms with Gasteiger partial charge in [-0.15, -0.1) is 0 Å². The van der Waals surface area contributed by atoms with E-state index in [1.807, 2.05) is 19.1 Å². The summed E-state index contributed by atoms with van der Waals surface area (Å²) in [7, 11) is 0. The van der Waals surface area contributed by atoms with Crippen molar-refractivity contribution in [3.05, 3.63) is 53.6 Å². The summed E-state index contributed by atoms with van der Waals surface area (Å²) in [6.45, 7) is 3.19. The Kier molecular flexibility index (Phi) is 4.31. The number of carbonyl (C=O) groups excluding carboxylic acids is 3. The average molecular weight is 395 g/mol. The number of fused-ring (bicyclic) bond motifs is 1. The quantitative estimate of drug-likeness (QED) is 0.660. The molecule has 0 spiro atoms. The number of anilines is 1. The fraction of sp³-hybridized carbons (Fsp3) is 0.211. The fourth-order valence-electron chi connectivity index (χ4n) is 3.16. The lowest BCUT2D eigenvalue weighted by atomic mass is 9.91. The predicted molar refractivity (Wildman–Crippen MR) is 105 cm³/mol. The zero-order chi connectivity index (χ0) is 19.9. The maximum Gasteiger partial charge on any atom is 0.325 e. The molecule has 1 aromatic heterocycles. The first-order valence-corrected chi connectivity index (χ1v) is 9.34. The molecular formula is C19H17N5O3S. The number of aromatic nitrogens is 2. The van der Waals surface area contributed by atoms with Crippen molar-refractivity contribution in [1.29, 1.82) is 0 Å². The van der Waals surface area contributed by atoms with E-state index >= 15 is 0 Å². The Morgan fingerprint density at radius 1 is 1.18 bits per heavy atom. The molecule has 2 aromatic carbocycles. The highest BCUT2D eigenvalue weighted by atomic mass is 32.1. The molecule has 2 heterocycles. The number of hydrogen-bond acceptors (Lipinski definition) is 6. The molecule has 1 aliphatic rings. The summed E-state index contributed by atoms with van der Waals surface area (Å²) < 4.78 is 8.28. The van der Waals surface area contributed by atoms with Crippen LogP contribution in [0.1, 0.15) is 18.1 Å². The Morgan fingerprint density at radius 2 is 1.93 bits per heavy atom. The van der Waals surface area contributed by atoms with Crippen LogP contribution in [0.25, 0.3) is 11.0 Å². The van der Waals surface area contributed by atoms with Crippen molar-refractivity contribution in [3.63, 3.8) is 0 Å².